The first-order valence-electron chi connectivity index (χ1n) is 24.2. The number of fused-ring (bicyclic) bond motifs is 4. The topological polar surface area (TPSA) is 216 Å². The predicted octanol–water partition coefficient (Wildman–Crippen LogP) is 7.49. The molecule has 0 unspecified atom stereocenters. The summed E-state index contributed by atoms with van der Waals surface area (Å²) in [6, 6.07) is 10.3. The molecule has 2 aliphatic rings. The van der Waals surface area contributed by atoms with Crippen molar-refractivity contribution in [3.8, 4) is 22.8 Å². The Kier molecular flexibility index (Phi) is 14.9. The van der Waals surface area contributed by atoms with Gasteiger partial charge >= 0.3 is 0 Å². The molecule has 3 N–H and O–H groups in total. The van der Waals surface area contributed by atoms with Crippen molar-refractivity contribution in [1.82, 2.24) is 69.5 Å². The minimum absolute atomic E-state index is 0.0468. The Morgan fingerprint density at radius 1 is 0.770 bits per heavy atom. The number of benzene rings is 2. The van der Waals surface area contributed by atoms with Gasteiger partial charge in [0.2, 0.25) is 11.8 Å². The Balaban J connectivity index is 0.000000186. The minimum atomic E-state index is -1.28. The number of aryl methyl sites for hydroxylation is 2. The summed E-state index contributed by atoms with van der Waals surface area (Å²) in [5.41, 5.74) is 6.06. The van der Waals surface area contributed by atoms with Crippen LogP contribution in [0.5, 0.6) is 0 Å². The normalized spacial score (nSPS) is 16.8. The van der Waals surface area contributed by atoms with E-state index in [1.165, 1.54) is 16.0 Å². The molecule has 6 aromatic heterocycles. The van der Waals surface area contributed by atoms with Crippen molar-refractivity contribution in [3.63, 3.8) is 0 Å². The number of aromatic nitrogens is 10. The van der Waals surface area contributed by atoms with Crippen LogP contribution in [0.15, 0.2) is 61.2 Å². The number of nitrogens with zero attached hydrogens (tertiary/aromatic N) is 11. The Labute approximate surface area is 435 Å². The molecular formula is C50H56Cl2F2N14O5Si. The van der Waals surface area contributed by atoms with Gasteiger partial charge in [-0.3, -0.25) is 28.5 Å². The van der Waals surface area contributed by atoms with E-state index >= 15 is 0 Å². The van der Waals surface area contributed by atoms with Crippen molar-refractivity contribution in [3.05, 3.63) is 82.4 Å². The molecular weight excluding hydrogens is 1010 g/mol. The fourth-order valence-corrected chi connectivity index (χ4v) is 10.1. The summed E-state index contributed by atoms with van der Waals surface area (Å²) in [6.07, 6.45) is 4.96. The van der Waals surface area contributed by atoms with Crippen molar-refractivity contribution < 1.29 is 32.7 Å². The maximum absolute atomic E-state index is 13.7. The second-order valence-corrected chi connectivity index (χ2v) is 26.4. The fraction of sp³-hybridized carbons (Fsp3) is 0.400. The Morgan fingerprint density at radius 3 is 1.80 bits per heavy atom. The number of halogens is 4. The second kappa shape index (κ2) is 21.2. The number of hydrogen-bond donors (Lipinski definition) is 3. The number of carbonyl (C=O) groups is 4. The summed E-state index contributed by atoms with van der Waals surface area (Å²) in [5, 5.41) is 17.6. The number of rotatable bonds is 13. The highest BCUT2D eigenvalue weighted by molar-refractivity contribution is 6.76. The largest absolute Gasteiger partial charge is 0.361 e. The number of likely N-dealkylation sites (tertiary alicyclic amines) is 2. The Hall–Kier alpha value is -6.88. The van der Waals surface area contributed by atoms with Crippen LogP contribution in [0.1, 0.15) is 47.4 Å². The molecule has 2 saturated heterocycles. The van der Waals surface area contributed by atoms with E-state index < -0.39 is 44.3 Å². The van der Waals surface area contributed by atoms with E-state index in [0.29, 0.717) is 87.7 Å². The number of nitrogens with one attached hydrogen (secondary N) is 3. The monoisotopic (exact) mass is 1070 g/mol. The molecule has 19 nitrogen and oxygen atoms in total. The molecule has 2 aromatic carbocycles. The predicted molar refractivity (Wildman–Crippen MR) is 281 cm³/mol. The zero-order valence-corrected chi connectivity index (χ0v) is 44.4. The number of carbonyl (C=O) groups excluding carboxylic acids is 4. The molecule has 0 saturated carbocycles. The number of amides is 4. The molecule has 8 heterocycles. The van der Waals surface area contributed by atoms with E-state index in [1.54, 1.807) is 58.5 Å². The van der Waals surface area contributed by atoms with Crippen LogP contribution < -0.4 is 10.6 Å². The lowest BCUT2D eigenvalue weighted by Crippen LogP contribution is -2.46. The van der Waals surface area contributed by atoms with Gasteiger partial charge < -0.3 is 34.7 Å². The Morgan fingerprint density at radius 2 is 1.28 bits per heavy atom. The number of alkyl halides is 2. The lowest BCUT2D eigenvalue weighted by atomic mass is 10.1. The molecule has 8 aromatic rings. The summed E-state index contributed by atoms with van der Waals surface area (Å²) in [6.45, 7) is 11.6. The maximum atomic E-state index is 13.7. The van der Waals surface area contributed by atoms with Crippen molar-refractivity contribution in [2.45, 2.75) is 83.5 Å². The first-order chi connectivity index (χ1) is 35.2. The Bertz CT molecular complexity index is 3460. The molecule has 74 heavy (non-hydrogen) atoms. The van der Waals surface area contributed by atoms with Crippen LogP contribution in [0.2, 0.25) is 35.7 Å². The van der Waals surface area contributed by atoms with Crippen molar-refractivity contribution >= 4 is 99.0 Å². The van der Waals surface area contributed by atoms with Gasteiger partial charge in [-0.05, 0) is 69.1 Å². The van der Waals surface area contributed by atoms with Crippen molar-refractivity contribution in [1.29, 1.82) is 0 Å². The van der Waals surface area contributed by atoms with Gasteiger partial charge in [0.25, 0.3) is 11.8 Å². The molecule has 0 spiro atoms. The first kappa shape index (κ1) is 52.0. The molecule has 2 aliphatic heterocycles. The van der Waals surface area contributed by atoms with E-state index in [4.69, 9.17) is 32.9 Å². The van der Waals surface area contributed by atoms with Gasteiger partial charge in [-0.15, -0.1) is 0 Å². The van der Waals surface area contributed by atoms with E-state index in [2.05, 4.69) is 60.4 Å². The van der Waals surface area contributed by atoms with Crippen LogP contribution in [0.25, 0.3) is 66.9 Å². The zero-order chi connectivity index (χ0) is 52.7. The van der Waals surface area contributed by atoms with E-state index in [0.717, 1.165) is 27.8 Å². The molecule has 4 atom stereocenters. The smallest absolute Gasteiger partial charge is 0.255 e. The molecule has 0 aliphatic carbocycles. The van der Waals surface area contributed by atoms with Crippen LogP contribution in [-0.4, -0.2) is 148 Å². The van der Waals surface area contributed by atoms with Crippen molar-refractivity contribution in [2.75, 3.05) is 32.8 Å². The standard InChI is InChI=1S/C28H35ClFN7O3Si.C22H21ClFN7O2/c1-17(28(39)36-9-8-19(30)14-36)32-27(38)21-15-37(16-40-10-11-41(3,4)5)26-25(21)33-22(13-31-26)24-20-7-6-18(29)12-23(20)35(2)34-24;1-11(22(33)31-6-5-13(24)10-31)27-21(32)15-8-25-20-19(15)28-16(9-26-20)18-14-4-3-12(23)7-17(14)30(2)29-18/h6-7,12-13,15,17,19H,8-11,14,16H2,1-5H3,(H,32,38);3-4,7-9,11,13H,5-6,10H2,1-2H3,(H,25,26)(H,27,32)/t17-,19-;11-,13-/m11/s1. The number of hydrogen-bond acceptors (Lipinski definition) is 11. The quantitative estimate of drug-likeness (QED) is 0.0759. The molecule has 0 bridgehead atoms. The van der Waals surface area contributed by atoms with Crippen LogP contribution in [0.4, 0.5) is 8.78 Å². The molecule has 388 valence electrons. The van der Waals surface area contributed by atoms with E-state index in [9.17, 15) is 28.0 Å². The zero-order valence-electron chi connectivity index (χ0n) is 41.9. The summed E-state index contributed by atoms with van der Waals surface area (Å²) < 4.78 is 38.2. The van der Waals surface area contributed by atoms with Gasteiger partial charge in [0.05, 0.1) is 47.6 Å². The van der Waals surface area contributed by atoms with Gasteiger partial charge in [0.1, 0.15) is 65.0 Å². The molecule has 10 rings (SSSR count). The summed E-state index contributed by atoms with van der Waals surface area (Å²) in [4.78, 5) is 76.2. The van der Waals surface area contributed by atoms with Gasteiger partial charge in [0.15, 0.2) is 11.3 Å². The van der Waals surface area contributed by atoms with Gasteiger partial charge in [-0.25, -0.2) is 28.7 Å². The van der Waals surface area contributed by atoms with Crippen LogP contribution in [0.3, 0.4) is 0 Å². The summed E-state index contributed by atoms with van der Waals surface area (Å²) >= 11 is 12.3. The third-order valence-electron chi connectivity index (χ3n) is 13.1. The van der Waals surface area contributed by atoms with Gasteiger partial charge in [-0.2, -0.15) is 10.2 Å². The highest BCUT2D eigenvalue weighted by Crippen LogP contribution is 2.32. The average molecular weight is 1070 g/mol. The molecule has 4 amide bonds. The highest BCUT2D eigenvalue weighted by atomic mass is 35.5. The van der Waals surface area contributed by atoms with E-state index in [-0.39, 0.29) is 42.8 Å². The molecule has 2 fully saturated rings. The lowest BCUT2D eigenvalue weighted by Gasteiger charge is -2.20. The number of H-pyrrole nitrogens is 1. The second-order valence-electron chi connectivity index (χ2n) is 19.9. The first-order valence-corrected chi connectivity index (χ1v) is 28.7. The van der Waals surface area contributed by atoms with Gasteiger partial charge in [-0.1, -0.05) is 42.8 Å². The molecule has 0 radical (unpaired) electrons. The highest BCUT2D eigenvalue weighted by Gasteiger charge is 2.32. The van der Waals surface area contributed by atoms with Crippen molar-refractivity contribution in [2.24, 2.45) is 14.1 Å². The van der Waals surface area contributed by atoms with Crippen LogP contribution in [0, 0.1) is 0 Å². The molecule has 24 heteroatoms. The maximum Gasteiger partial charge on any atom is 0.255 e. The third kappa shape index (κ3) is 11.0. The average Bonchev–Trinajstić information content (AvgIpc) is 4.24. The van der Waals surface area contributed by atoms with E-state index in [1.807, 2.05) is 38.4 Å². The lowest BCUT2D eigenvalue weighted by molar-refractivity contribution is -0.132. The number of ether oxygens (including phenoxy) is 1. The summed E-state index contributed by atoms with van der Waals surface area (Å²) in [7, 11) is 2.36. The van der Waals surface area contributed by atoms with Crippen LogP contribution >= 0.6 is 23.2 Å². The van der Waals surface area contributed by atoms with Crippen LogP contribution in [-0.2, 0) is 35.2 Å². The fourth-order valence-electron chi connectivity index (χ4n) is 9.05. The SMILES string of the molecule is C[C@@H](NC(=O)c1c[nH]c2ncc(-c3nn(C)c4cc(Cl)ccc34)nc12)C(=O)N1CC[C@@H](F)C1.C[C@@H](NC(=O)c1cn(COCC[Si](C)(C)C)c2ncc(-c3nn(C)c4cc(Cl)ccc34)nc12)C(=O)N1CC[C@@H](F)C1. The number of aromatic amines is 1. The minimum Gasteiger partial charge on any atom is -0.361 e. The van der Waals surface area contributed by atoms with Gasteiger partial charge in [0, 0.05) is 75.1 Å². The third-order valence-corrected chi connectivity index (χ3v) is 15.3. The summed E-state index contributed by atoms with van der Waals surface area (Å²) in [5.74, 6) is -1.57.